The van der Waals surface area contributed by atoms with Crippen LogP contribution in [0.25, 0.3) is 0 Å². The van der Waals surface area contributed by atoms with E-state index >= 15 is 0 Å². The predicted octanol–water partition coefficient (Wildman–Crippen LogP) is 2.02. The number of rotatable bonds is 2. The minimum atomic E-state index is -3.39. The molecule has 1 aromatic rings. The Morgan fingerprint density at radius 2 is 1.88 bits per heavy atom. The van der Waals surface area contributed by atoms with E-state index in [1.54, 1.807) is 12.1 Å². The predicted molar refractivity (Wildman–Crippen MR) is 64.5 cm³/mol. The summed E-state index contributed by atoms with van der Waals surface area (Å²) in [6.07, 6.45) is 2.98. The van der Waals surface area contributed by atoms with E-state index in [4.69, 9.17) is 0 Å². The summed E-state index contributed by atoms with van der Waals surface area (Å²) in [5.41, 5.74) is 0. The van der Waals surface area contributed by atoms with Crippen molar-refractivity contribution in [3.05, 3.63) is 22.8 Å². The molecule has 0 unspecified atom stereocenters. The maximum Gasteiger partial charge on any atom is 0.260 e. The summed E-state index contributed by atoms with van der Waals surface area (Å²) in [5.74, 6) is 0. The molecule has 1 aliphatic heterocycles. The first-order chi connectivity index (χ1) is 7.60. The number of sulfonamides is 1. The van der Waals surface area contributed by atoms with Gasteiger partial charge in [-0.2, -0.15) is 4.31 Å². The van der Waals surface area contributed by atoms with Gasteiger partial charge >= 0.3 is 0 Å². The molecular weight excluding hydrogens is 292 g/mol. The quantitative estimate of drug-likeness (QED) is 0.786. The molecule has 0 aromatic carbocycles. The fourth-order valence-electron chi connectivity index (χ4n) is 1.77. The highest BCUT2D eigenvalue weighted by molar-refractivity contribution is 9.10. The van der Waals surface area contributed by atoms with Gasteiger partial charge in [0.05, 0.1) is 0 Å². The molecule has 0 radical (unpaired) electrons. The molecule has 1 aromatic heterocycles. The number of pyridine rings is 1. The van der Waals surface area contributed by atoms with Crippen LogP contribution in [-0.2, 0) is 10.0 Å². The van der Waals surface area contributed by atoms with Gasteiger partial charge in [0.15, 0.2) is 5.03 Å². The van der Waals surface area contributed by atoms with E-state index in [0.29, 0.717) is 17.7 Å². The molecule has 1 aliphatic rings. The van der Waals surface area contributed by atoms with Crippen molar-refractivity contribution in [3.63, 3.8) is 0 Å². The lowest BCUT2D eigenvalue weighted by Crippen LogP contribution is -2.36. The number of piperidine rings is 1. The highest BCUT2D eigenvalue weighted by atomic mass is 79.9. The Labute approximate surface area is 104 Å². The molecule has 0 spiro atoms. The summed E-state index contributed by atoms with van der Waals surface area (Å²) in [6, 6.07) is 4.94. The topological polar surface area (TPSA) is 50.3 Å². The molecule has 4 nitrogen and oxygen atoms in total. The average molecular weight is 305 g/mol. The summed E-state index contributed by atoms with van der Waals surface area (Å²) >= 11 is 3.18. The van der Waals surface area contributed by atoms with Crippen molar-refractivity contribution in [2.75, 3.05) is 13.1 Å². The number of hydrogen-bond acceptors (Lipinski definition) is 3. The molecule has 0 N–H and O–H groups in total. The van der Waals surface area contributed by atoms with Crippen LogP contribution in [0.1, 0.15) is 19.3 Å². The molecule has 88 valence electrons. The van der Waals surface area contributed by atoms with Crippen LogP contribution in [0.5, 0.6) is 0 Å². The third-order valence-corrected chi connectivity index (χ3v) is 4.85. The van der Waals surface area contributed by atoms with Gasteiger partial charge in [0.1, 0.15) is 4.60 Å². The number of halogens is 1. The van der Waals surface area contributed by atoms with Crippen LogP contribution in [0.15, 0.2) is 27.8 Å². The van der Waals surface area contributed by atoms with Crippen molar-refractivity contribution in [1.29, 1.82) is 0 Å². The summed E-state index contributed by atoms with van der Waals surface area (Å²) in [4.78, 5) is 4.01. The van der Waals surface area contributed by atoms with E-state index in [0.717, 1.165) is 19.3 Å². The van der Waals surface area contributed by atoms with Crippen LogP contribution in [-0.4, -0.2) is 30.8 Å². The lowest BCUT2D eigenvalue weighted by Gasteiger charge is -2.25. The largest absolute Gasteiger partial charge is 0.260 e. The maximum atomic E-state index is 12.2. The second-order valence-corrected chi connectivity index (χ2v) is 6.46. The van der Waals surface area contributed by atoms with Gasteiger partial charge in [0, 0.05) is 13.1 Å². The first-order valence-corrected chi connectivity index (χ1v) is 7.47. The molecule has 1 fully saturated rings. The average Bonchev–Trinajstić information content (AvgIpc) is 2.30. The van der Waals surface area contributed by atoms with Crippen LogP contribution < -0.4 is 0 Å². The van der Waals surface area contributed by atoms with E-state index in [1.165, 1.54) is 10.4 Å². The van der Waals surface area contributed by atoms with E-state index in [-0.39, 0.29) is 5.03 Å². The first kappa shape index (κ1) is 12.0. The molecule has 1 saturated heterocycles. The van der Waals surface area contributed by atoms with Gasteiger partial charge in [0.25, 0.3) is 10.0 Å². The lowest BCUT2D eigenvalue weighted by molar-refractivity contribution is 0.345. The van der Waals surface area contributed by atoms with Crippen LogP contribution in [0.2, 0.25) is 0 Å². The zero-order chi connectivity index (χ0) is 11.6. The van der Waals surface area contributed by atoms with Crippen molar-refractivity contribution >= 4 is 26.0 Å². The third kappa shape index (κ3) is 2.44. The number of hydrogen-bond donors (Lipinski definition) is 0. The molecule has 2 heterocycles. The fraction of sp³-hybridized carbons (Fsp3) is 0.500. The molecule has 16 heavy (non-hydrogen) atoms. The smallest absolute Gasteiger partial charge is 0.228 e. The Bertz CT molecular complexity index is 469. The van der Waals surface area contributed by atoms with E-state index in [9.17, 15) is 8.42 Å². The highest BCUT2D eigenvalue weighted by Crippen LogP contribution is 2.20. The van der Waals surface area contributed by atoms with Gasteiger partial charge in [-0.3, -0.25) is 0 Å². The molecule has 6 heteroatoms. The SMILES string of the molecule is O=S(=O)(c1cccc(Br)n1)N1CCCCC1. The minimum absolute atomic E-state index is 0.128. The highest BCUT2D eigenvalue weighted by Gasteiger charge is 2.26. The Morgan fingerprint density at radius 3 is 2.50 bits per heavy atom. The standard InChI is InChI=1S/C10H13BrN2O2S/c11-9-5-4-6-10(12-9)16(14,15)13-7-2-1-3-8-13/h4-6H,1-3,7-8H2. The molecule has 2 rings (SSSR count). The van der Waals surface area contributed by atoms with E-state index in [1.807, 2.05) is 0 Å². The van der Waals surface area contributed by atoms with Crippen LogP contribution >= 0.6 is 15.9 Å². The number of aromatic nitrogens is 1. The molecule has 0 amide bonds. The zero-order valence-corrected chi connectivity index (χ0v) is 11.2. The van der Waals surface area contributed by atoms with Gasteiger partial charge in [0.2, 0.25) is 0 Å². The minimum Gasteiger partial charge on any atom is -0.228 e. The van der Waals surface area contributed by atoms with Crippen molar-refractivity contribution in [2.24, 2.45) is 0 Å². The lowest BCUT2D eigenvalue weighted by atomic mass is 10.2. The van der Waals surface area contributed by atoms with Crippen molar-refractivity contribution in [1.82, 2.24) is 9.29 Å². The van der Waals surface area contributed by atoms with Gasteiger partial charge in [-0.05, 0) is 40.9 Å². The fourth-order valence-corrected chi connectivity index (χ4v) is 3.70. The second-order valence-electron chi connectivity index (χ2n) is 3.76. The Kier molecular flexibility index (Phi) is 3.61. The van der Waals surface area contributed by atoms with Crippen molar-refractivity contribution < 1.29 is 8.42 Å². The van der Waals surface area contributed by atoms with Gasteiger partial charge in [-0.1, -0.05) is 12.5 Å². The van der Waals surface area contributed by atoms with Gasteiger partial charge in [-0.15, -0.1) is 0 Å². The summed E-state index contributed by atoms with van der Waals surface area (Å²) < 4.78 is 26.4. The first-order valence-electron chi connectivity index (χ1n) is 5.23. The molecule has 0 aliphatic carbocycles. The van der Waals surface area contributed by atoms with E-state index in [2.05, 4.69) is 20.9 Å². The molecule has 0 bridgehead atoms. The van der Waals surface area contributed by atoms with E-state index < -0.39 is 10.0 Å². The monoisotopic (exact) mass is 304 g/mol. The van der Waals surface area contributed by atoms with Gasteiger partial charge in [-0.25, -0.2) is 13.4 Å². The summed E-state index contributed by atoms with van der Waals surface area (Å²) in [5, 5.41) is 0.128. The Balaban J connectivity index is 2.30. The van der Waals surface area contributed by atoms with Crippen molar-refractivity contribution in [2.45, 2.75) is 24.3 Å². The number of nitrogens with zero attached hydrogens (tertiary/aromatic N) is 2. The van der Waals surface area contributed by atoms with Crippen LogP contribution in [0, 0.1) is 0 Å². The summed E-state index contributed by atoms with van der Waals surface area (Å²) in [6.45, 7) is 1.22. The molecular formula is C10H13BrN2O2S. The summed E-state index contributed by atoms with van der Waals surface area (Å²) in [7, 11) is -3.39. The Hall–Kier alpha value is -0.460. The Morgan fingerprint density at radius 1 is 1.19 bits per heavy atom. The normalized spacial score (nSPS) is 18.6. The molecule has 0 saturated carbocycles. The van der Waals surface area contributed by atoms with Crippen molar-refractivity contribution in [3.8, 4) is 0 Å². The van der Waals surface area contributed by atoms with Crippen LogP contribution in [0.4, 0.5) is 0 Å². The molecule has 0 atom stereocenters. The zero-order valence-electron chi connectivity index (χ0n) is 8.76. The van der Waals surface area contributed by atoms with Crippen LogP contribution in [0.3, 0.4) is 0 Å². The third-order valence-electron chi connectivity index (χ3n) is 2.61. The maximum absolute atomic E-state index is 12.2. The second kappa shape index (κ2) is 4.81. The van der Waals surface area contributed by atoms with Gasteiger partial charge < -0.3 is 0 Å².